The van der Waals surface area contributed by atoms with Crippen LogP contribution in [-0.4, -0.2) is 41.3 Å². The molecule has 0 atom stereocenters. The van der Waals surface area contributed by atoms with E-state index in [2.05, 4.69) is 34.2 Å². The van der Waals surface area contributed by atoms with E-state index in [1.54, 1.807) is 6.07 Å². The summed E-state index contributed by atoms with van der Waals surface area (Å²) in [6.07, 6.45) is 0. The monoisotopic (exact) mass is 327 g/mol. The molecule has 0 spiro atoms. The van der Waals surface area contributed by atoms with Crippen molar-refractivity contribution in [2.24, 2.45) is 0 Å². The number of anilines is 2. The van der Waals surface area contributed by atoms with Crippen molar-refractivity contribution < 1.29 is 5.11 Å². The van der Waals surface area contributed by atoms with Crippen LogP contribution in [0.15, 0.2) is 48.5 Å². The van der Waals surface area contributed by atoms with Crippen molar-refractivity contribution in [1.82, 2.24) is 4.90 Å². The van der Waals surface area contributed by atoms with Gasteiger partial charge in [0, 0.05) is 31.9 Å². The summed E-state index contributed by atoms with van der Waals surface area (Å²) in [5.41, 5.74) is 3.14. The first-order chi connectivity index (χ1) is 11.1. The van der Waals surface area contributed by atoms with Gasteiger partial charge >= 0.3 is 0 Å². The first kappa shape index (κ1) is 15.6. The van der Waals surface area contributed by atoms with Gasteiger partial charge in [0.25, 0.3) is 0 Å². The molecule has 2 N–H and O–H groups in total. The Bertz CT molecular complexity index is 679. The Morgan fingerprint density at radius 2 is 1.65 bits per heavy atom. The van der Waals surface area contributed by atoms with E-state index < -0.39 is 0 Å². The van der Waals surface area contributed by atoms with E-state index in [0.717, 1.165) is 42.7 Å². The van der Waals surface area contributed by atoms with Gasteiger partial charge in [-0.2, -0.15) is 0 Å². The normalized spacial score (nSPS) is 14.7. The van der Waals surface area contributed by atoms with Gasteiger partial charge in [0.15, 0.2) is 5.11 Å². The standard InChI is InChI=1S/C18H21N3OS/c1-14-6-8-15(9-7-14)19-18(23)21-12-10-20(11-13-21)16-4-2-3-5-17(16)22/h2-9,22H,10-13H2,1H3,(H,19,23). The van der Waals surface area contributed by atoms with Crippen molar-refractivity contribution in [2.45, 2.75) is 6.92 Å². The van der Waals surface area contributed by atoms with Crippen LogP contribution in [0.4, 0.5) is 11.4 Å². The van der Waals surface area contributed by atoms with E-state index >= 15 is 0 Å². The number of para-hydroxylation sites is 2. The Balaban J connectivity index is 1.57. The van der Waals surface area contributed by atoms with Gasteiger partial charge in [-0.15, -0.1) is 0 Å². The predicted octanol–water partition coefficient (Wildman–Crippen LogP) is 3.22. The van der Waals surface area contributed by atoms with E-state index in [1.807, 2.05) is 30.3 Å². The van der Waals surface area contributed by atoms with E-state index in [1.165, 1.54) is 5.56 Å². The van der Waals surface area contributed by atoms with Gasteiger partial charge in [0.05, 0.1) is 5.69 Å². The number of nitrogens with one attached hydrogen (secondary N) is 1. The lowest BCUT2D eigenvalue weighted by Gasteiger charge is -2.37. The maximum absolute atomic E-state index is 9.96. The fourth-order valence-corrected chi connectivity index (χ4v) is 3.02. The zero-order valence-corrected chi connectivity index (χ0v) is 14.0. The first-order valence-corrected chi connectivity index (χ1v) is 8.20. The highest BCUT2D eigenvalue weighted by molar-refractivity contribution is 7.80. The number of thiocarbonyl (C=S) groups is 1. The fraction of sp³-hybridized carbons (Fsp3) is 0.278. The summed E-state index contributed by atoms with van der Waals surface area (Å²) in [5, 5.41) is 14.0. The molecule has 1 aliphatic rings. The summed E-state index contributed by atoms with van der Waals surface area (Å²) < 4.78 is 0. The molecule has 23 heavy (non-hydrogen) atoms. The number of rotatable bonds is 2. The second-order valence-corrected chi connectivity index (χ2v) is 6.15. The van der Waals surface area contributed by atoms with Crippen LogP contribution < -0.4 is 10.2 Å². The number of aromatic hydroxyl groups is 1. The number of phenolic OH excluding ortho intramolecular Hbond substituents is 1. The largest absolute Gasteiger partial charge is 0.506 e. The molecule has 0 unspecified atom stereocenters. The molecule has 120 valence electrons. The third kappa shape index (κ3) is 3.74. The molecule has 2 aromatic rings. The molecule has 3 rings (SSSR count). The Morgan fingerprint density at radius 1 is 1.00 bits per heavy atom. The zero-order valence-electron chi connectivity index (χ0n) is 13.2. The van der Waals surface area contributed by atoms with Gasteiger partial charge in [-0.1, -0.05) is 29.8 Å². The van der Waals surface area contributed by atoms with Gasteiger partial charge in [0.1, 0.15) is 5.75 Å². The lowest BCUT2D eigenvalue weighted by molar-refractivity contribution is 0.387. The Kier molecular flexibility index (Phi) is 4.67. The highest BCUT2D eigenvalue weighted by Gasteiger charge is 2.20. The minimum absolute atomic E-state index is 0.335. The van der Waals surface area contributed by atoms with Crippen LogP contribution in [0.1, 0.15) is 5.56 Å². The molecule has 1 saturated heterocycles. The molecule has 0 aromatic heterocycles. The summed E-state index contributed by atoms with van der Waals surface area (Å²) in [6.45, 7) is 5.43. The maximum atomic E-state index is 9.96. The average molecular weight is 327 g/mol. The minimum atomic E-state index is 0.335. The van der Waals surface area contributed by atoms with Crippen molar-refractivity contribution in [3.05, 3.63) is 54.1 Å². The van der Waals surface area contributed by atoms with Crippen LogP contribution in [0.5, 0.6) is 5.75 Å². The molecule has 1 aliphatic heterocycles. The van der Waals surface area contributed by atoms with Crippen LogP contribution in [-0.2, 0) is 0 Å². The molecule has 0 radical (unpaired) electrons. The molecule has 0 saturated carbocycles. The van der Waals surface area contributed by atoms with Crippen molar-refractivity contribution in [2.75, 3.05) is 36.4 Å². The van der Waals surface area contributed by atoms with Crippen molar-refractivity contribution >= 4 is 28.7 Å². The lowest BCUT2D eigenvalue weighted by atomic mass is 10.2. The quantitative estimate of drug-likeness (QED) is 0.829. The van der Waals surface area contributed by atoms with Gasteiger partial charge in [-0.05, 0) is 43.4 Å². The van der Waals surface area contributed by atoms with E-state index in [0.29, 0.717) is 5.75 Å². The van der Waals surface area contributed by atoms with Crippen LogP contribution in [0, 0.1) is 6.92 Å². The third-order valence-electron chi connectivity index (χ3n) is 4.09. The fourth-order valence-electron chi connectivity index (χ4n) is 2.72. The molecular formula is C18H21N3OS. The Morgan fingerprint density at radius 3 is 2.30 bits per heavy atom. The number of aryl methyl sites for hydroxylation is 1. The minimum Gasteiger partial charge on any atom is -0.506 e. The molecular weight excluding hydrogens is 306 g/mol. The summed E-state index contributed by atoms with van der Waals surface area (Å²) >= 11 is 5.52. The van der Waals surface area contributed by atoms with Gasteiger partial charge in [0.2, 0.25) is 0 Å². The van der Waals surface area contributed by atoms with E-state index in [-0.39, 0.29) is 0 Å². The van der Waals surface area contributed by atoms with Crippen molar-refractivity contribution in [3.63, 3.8) is 0 Å². The van der Waals surface area contributed by atoms with Gasteiger partial charge < -0.3 is 20.2 Å². The molecule has 4 nitrogen and oxygen atoms in total. The lowest BCUT2D eigenvalue weighted by Crippen LogP contribution is -2.50. The van der Waals surface area contributed by atoms with Gasteiger partial charge in [-0.25, -0.2) is 0 Å². The Labute approximate surface area is 142 Å². The number of piperazine rings is 1. The zero-order chi connectivity index (χ0) is 16.2. The summed E-state index contributed by atoms with van der Waals surface area (Å²) in [7, 11) is 0. The SMILES string of the molecule is Cc1ccc(NC(=S)N2CCN(c3ccccc3O)CC2)cc1. The molecule has 1 heterocycles. The number of hydrogen-bond acceptors (Lipinski definition) is 3. The van der Waals surface area contributed by atoms with Crippen LogP contribution in [0.3, 0.4) is 0 Å². The highest BCUT2D eigenvalue weighted by Crippen LogP contribution is 2.27. The molecule has 0 aliphatic carbocycles. The van der Waals surface area contributed by atoms with E-state index in [9.17, 15) is 5.11 Å². The topological polar surface area (TPSA) is 38.7 Å². The Hall–Kier alpha value is -2.27. The van der Waals surface area contributed by atoms with E-state index in [4.69, 9.17) is 12.2 Å². The molecule has 0 amide bonds. The summed E-state index contributed by atoms with van der Waals surface area (Å²) in [4.78, 5) is 4.37. The molecule has 2 aromatic carbocycles. The summed E-state index contributed by atoms with van der Waals surface area (Å²) in [6, 6.07) is 15.7. The molecule has 5 heteroatoms. The van der Waals surface area contributed by atoms with Crippen molar-refractivity contribution in [1.29, 1.82) is 0 Å². The second kappa shape index (κ2) is 6.87. The smallest absolute Gasteiger partial charge is 0.173 e. The number of hydrogen-bond donors (Lipinski definition) is 2. The van der Waals surface area contributed by atoms with Crippen LogP contribution >= 0.6 is 12.2 Å². The predicted molar refractivity (Wildman–Crippen MR) is 99.3 cm³/mol. The molecule has 1 fully saturated rings. The summed E-state index contributed by atoms with van der Waals surface area (Å²) in [5.74, 6) is 0.335. The third-order valence-corrected chi connectivity index (χ3v) is 4.45. The number of phenols is 1. The maximum Gasteiger partial charge on any atom is 0.173 e. The number of benzene rings is 2. The first-order valence-electron chi connectivity index (χ1n) is 7.79. The highest BCUT2D eigenvalue weighted by atomic mass is 32.1. The number of nitrogens with zero attached hydrogens (tertiary/aromatic N) is 2. The van der Waals surface area contributed by atoms with Gasteiger partial charge in [-0.3, -0.25) is 0 Å². The van der Waals surface area contributed by atoms with Crippen molar-refractivity contribution in [3.8, 4) is 5.75 Å². The second-order valence-electron chi connectivity index (χ2n) is 5.76. The average Bonchev–Trinajstić information content (AvgIpc) is 2.57. The van der Waals surface area contributed by atoms with Crippen LogP contribution in [0.2, 0.25) is 0 Å². The van der Waals surface area contributed by atoms with Crippen LogP contribution in [0.25, 0.3) is 0 Å². The molecule has 0 bridgehead atoms.